The van der Waals surface area contributed by atoms with Gasteiger partial charge in [0.05, 0.1) is 24.2 Å². The van der Waals surface area contributed by atoms with Crippen molar-refractivity contribution in [3.63, 3.8) is 0 Å². The van der Waals surface area contributed by atoms with Gasteiger partial charge in [-0.1, -0.05) is 43.3 Å². The van der Waals surface area contributed by atoms with Crippen LogP contribution in [0.2, 0.25) is 0 Å². The number of H-pyrrole nitrogens is 1. The van der Waals surface area contributed by atoms with Gasteiger partial charge >= 0.3 is 23.9 Å². The number of nitrogens with zero attached hydrogens (tertiary/aromatic N) is 4. The van der Waals surface area contributed by atoms with E-state index in [4.69, 9.17) is 25.8 Å². The van der Waals surface area contributed by atoms with E-state index >= 15 is 4.39 Å². The summed E-state index contributed by atoms with van der Waals surface area (Å²) in [6.07, 6.45) is -5.59. The summed E-state index contributed by atoms with van der Waals surface area (Å²) in [4.78, 5) is 51.4. The second-order valence-corrected chi connectivity index (χ2v) is 10.6. The van der Waals surface area contributed by atoms with Crippen LogP contribution in [0.25, 0.3) is 5.69 Å². The van der Waals surface area contributed by atoms with E-state index in [-0.39, 0.29) is 46.6 Å². The zero-order valence-electron chi connectivity index (χ0n) is 27.7. The monoisotopic (exact) mass is 718 g/mol. The summed E-state index contributed by atoms with van der Waals surface area (Å²) in [5, 5.41) is 22.3. The SMILES string of the molecule is CCc1cc(Cc2nn(-c3ccccc3NC(=O)OC)c(=O)[nH]2)c(F)c(OCC(=O)N(C)C)c1N(C(=N)N)c1ccccc1.O=C(O)C(F)(F)F. The van der Waals surface area contributed by atoms with Crippen LogP contribution in [-0.2, 0) is 27.2 Å². The van der Waals surface area contributed by atoms with Crippen molar-refractivity contribution in [3.8, 4) is 11.4 Å². The molecule has 0 fully saturated rings. The van der Waals surface area contributed by atoms with Gasteiger partial charge in [-0.2, -0.15) is 17.9 Å². The van der Waals surface area contributed by atoms with Gasteiger partial charge in [-0.05, 0) is 41.8 Å². The number of carboxylic acids is 1. The molecule has 272 valence electrons. The number of rotatable bonds is 10. The molecule has 1 heterocycles. The van der Waals surface area contributed by atoms with Crippen molar-refractivity contribution in [1.29, 1.82) is 5.41 Å². The smallest absolute Gasteiger partial charge is 0.478 e. The lowest BCUT2D eigenvalue weighted by Gasteiger charge is -2.28. The lowest BCUT2D eigenvalue weighted by atomic mass is 10.0. The summed E-state index contributed by atoms with van der Waals surface area (Å²) in [5.41, 5.74) is 7.29. The van der Waals surface area contributed by atoms with Crippen LogP contribution in [-0.4, -0.2) is 82.7 Å². The number of benzene rings is 3. The Bertz CT molecular complexity index is 1950. The fraction of sp³-hybridized carbons (Fsp3) is 0.250. The average Bonchev–Trinajstić information content (AvgIpc) is 3.44. The highest BCUT2D eigenvalue weighted by Crippen LogP contribution is 2.41. The molecule has 15 nitrogen and oxygen atoms in total. The number of carbonyl (C=O) groups is 3. The van der Waals surface area contributed by atoms with Gasteiger partial charge < -0.3 is 25.2 Å². The van der Waals surface area contributed by atoms with Gasteiger partial charge in [0, 0.05) is 26.2 Å². The molecule has 6 N–H and O–H groups in total. The highest BCUT2D eigenvalue weighted by Gasteiger charge is 2.38. The van der Waals surface area contributed by atoms with Crippen molar-refractivity contribution in [2.24, 2.45) is 5.73 Å². The summed E-state index contributed by atoms with van der Waals surface area (Å²) in [5.74, 6) is -4.51. The third-order valence-corrected chi connectivity index (χ3v) is 6.87. The van der Waals surface area contributed by atoms with Crippen LogP contribution in [0, 0.1) is 11.2 Å². The normalized spacial score (nSPS) is 10.7. The zero-order valence-corrected chi connectivity index (χ0v) is 27.7. The van der Waals surface area contributed by atoms with E-state index in [0.29, 0.717) is 17.7 Å². The molecule has 0 bridgehead atoms. The van der Waals surface area contributed by atoms with Crippen molar-refractivity contribution < 1.29 is 46.5 Å². The topological polar surface area (TPSA) is 209 Å². The highest BCUT2D eigenvalue weighted by molar-refractivity contribution is 6.02. The molecule has 0 saturated carbocycles. The van der Waals surface area contributed by atoms with E-state index in [1.165, 1.54) is 16.9 Å². The minimum absolute atomic E-state index is 0.122. The first-order valence-corrected chi connectivity index (χ1v) is 14.8. The van der Waals surface area contributed by atoms with E-state index in [1.54, 1.807) is 74.8 Å². The lowest BCUT2D eigenvalue weighted by molar-refractivity contribution is -0.192. The molecular formula is C32H34F4N8O7. The maximum absolute atomic E-state index is 16.4. The number of guanidine groups is 1. The number of nitrogens with one attached hydrogen (secondary N) is 3. The Hall–Kier alpha value is -6.40. The Balaban J connectivity index is 0.000000908. The number of alkyl halides is 3. The molecule has 0 unspecified atom stereocenters. The van der Waals surface area contributed by atoms with Crippen molar-refractivity contribution >= 4 is 41.0 Å². The number of aryl methyl sites for hydroxylation is 1. The lowest BCUT2D eigenvalue weighted by Crippen LogP contribution is -2.34. The van der Waals surface area contributed by atoms with E-state index in [9.17, 15) is 27.6 Å². The van der Waals surface area contributed by atoms with Gasteiger partial charge in [0.25, 0.3) is 5.91 Å². The van der Waals surface area contributed by atoms with Gasteiger partial charge in [-0.3, -0.25) is 25.4 Å². The van der Waals surface area contributed by atoms with Gasteiger partial charge in [0.2, 0.25) is 0 Å². The number of amides is 2. The minimum atomic E-state index is -5.08. The molecule has 0 radical (unpaired) electrons. The molecule has 2 amide bonds. The van der Waals surface area contributed by atoms with Crippen LogP contribution in [0.15, 0.2) is 65.5 Å². The number of ether oxygens (including phenoxy) is 2. The maximum atomic E-state index is 16.4. The molecule has 4 aromatic rings. The van der Waals surface area contributed by atoms with Gasteiger partial charge in [0.15, 0.2) is 24.1 Å². The molecule has 51 heavy (non-hydrogen) atoms. The summed E-state index contributed by atoms with van der Waals surface area (Å²) < 4.78 is 59.7. The van der Waals surface area contributed by atoms with Crippen molar-refractivity contribution in [3.05, 3.63) is 93.9 Å². The number of carboxylic acid groups (broad SMARTS) is 1. The van der Waals surface area contributed by atoms with E-state index in [2.05, 4.69) is 20.1 Å². The molecule has 4 rings (SSSR count). The maximum Gasteiger partial charge on any atom is 0.490 e. The Morgan fingerprint density at radius 2 is 1.69 bits per heavy atom. The first kappa shape index (κ1) is 39.0. The van der Waals surface area contributed by atoms with Crippen LogP contribution in [0.5, 0.6) is 5.75 Å². The van der Waals surface area contributed by atoms with Crippen molar-refractivity contribution in [1.82, 2.24) is 19.7 Å². The van der Waals surface area contributed by atoms with Gasteiger partial charge in [-0.25, -0.2) is 18.8 Å². The summed E-state index contributed by atoms with van der Waals surface area (Å²) in [6, 6.07) is 16.8. The predicted molar refractivity (Wildman–Crippen MR) is 177 cm³/mol. The number of hydrogen-bond donors (Lipinski definition) is 5. The van der Waals surface area contributed by atoms with Crippen LogP contribution in [0.1, 0.15) is 23.9 Å². The Morgan fingerprint density at radius 3 is 2.24 bits per heavy atom. The number of carbonyl (C=O) groups excluding carboxylic acids is 2. The third-order valence-electron chi connectivity index (χ3n) is 6.87. The first-order valence-electron chi connectivity index (χ1n) is 14.8. The van der Waals surface area contributed by atoms with E-state index < -0.39 is 42.3 Å². The number of aromatic amines is 1. The van der Waals surface area contributed by atoms with Gasteiger partial charge in [-0.15, -0.1) is 5.10 Å². The standard InChI is InChI=1S/C30H33FN8O5.C2HF3O2/c1-5-18-15-19(16-23-35-29(41)39(36-23)22-14-10-9-13-21(22)34-30(42)43-4)25(31)27(44-17-24(40)37(2)3)26(18)38(28(32)33)20-11-7-6-8-12-20;3-2(4,5)1(6)7/h6-15H,5,16-17H2,1-4H3,(H3,32,33)(H,34,42)(H,35,36,41);(H,6,7). The molecule has 3 aromatic carbocycles. The van der Waals surface area contributed by atoms with Crippen LogP contribution < -0.4 is 26.4 Å². The fourth-order valence-corrected chi connectivity index (χ4v) is 4.46. The molecule has 0 spiro atoms. The molecule has 0 atom stereocenters. The molecule has 0 aliphatic heterocycles. The van der Waals surface area contributed by atoms with Gasteiger partial charge in [0.1, 0.15) is 5.82 Å². The molecule has 1 aromatic heterocycles. The quantitative estimate of drug-likeness (QED) is 0.0898. The van der Waals surface area contributed by atoms with Crippen molar-refractivity contribution in [2.75, 3.05) is 38.0 Å². The number of para-hydroxylation sites is 3. The molecule has 0 saturated heterocycles. The Kier molecular flexibility index (Phi) is 12.9. The minimum Gasteiger partial charge on any atom is -0.478 e. The number of anilines is 3. The second-order valence-electron chi connectivity index (χ2n) is 10.6. The number of methoxy groups -OCH3 is 1. The fourth-order valence-electron chi connectivity index (χ4n) is 4.46. The average molecular weight is 719 g/mol. The summed E-state index contributed by atoms with van der Waals surface area (Å²) >= 11 is 0. The summed E-state index contributed by atoms with van der Waals surface area (Å²) in [7, 11) is 4.31. The number of likely N-dealkylation sites (N-methyl/N-ethyl adjacent to an activating group) is 1. The number of hydrogen-bond acceptors (Lipinski definition) is 8. The summed E-state index contributed by atoms with van der Waals surface area (Å²) in [6.45, 7) is 1.37. The van der Waals surface area contributed by atoms with E-state index in [1.807, 2.05) is 6.92 Å². The zero-order chi connectivity index (χ0) is 38.0. The largest absolute Gasteiger partial charge is 0.490 e. The van der Waals surface area contributed by atoms with Crippen LogP contribution in [0.4, 0.5) is 39.4 Å². The number of halogens is 4. The Morgan fingerprint density at radius 1 is 1.08 bits per heavy atom. The first-order chi connectivity index (χ1) is 24.0. The molecule has 0 aliphatic rings. The predicted octanol–water partition coefficient (Wildman–Crippen LogP) is 4.16. The second kappa shape index (κ2) is 16.8. The third kappa shape index (κ3) is 9.83. The number of nitrogens with two attached hydrogens (primary N) is 1. The Labute approximate surface area is 287 Å². The highest BCUT2D eigenvalue weighted by atomic mass is 19.4. The van der Waals surface area contributed by atoms with Crippen LogP contribution >= 0.6 is 0 Å². The van der Waals surface area contributed by atoms with E-state index in [0.717, 1.165) is 4.68 Å². The number of aliphatic carboxylic acids is 1. The number of aromatic nitrogens is 3. The van der Waals surface area contributed by atoms with Crippen molar-refractivity contribution in [2.45, 2.75) is 25.9 Å². The molecule has 19 heteroatoms. The van der Waals surface area contributed by atoms with Crippen LogP contribution in [0.3, 0.4) is 0 Å². The molecular weight excluding hydrogens is 684 g/mol. The molecule has 0 aliphatic carbocycles.